The van der Waals surface area contributed by atoms with Gasteiger partial charge in [-0.05, 0) is 70.8 Å². The second-order valence-electron chi connectivity index (χ2n) is 7.86. The van der Waals surface area contributed by atoms with Crippen LogP contribution < -0.4 is 9.47 Å². The molecule has 3 aromatic carbocycles. The van der Waals surface area contributed by atoms with Crippen LogP contribution in [-0.4, -0.2) is 38.4 Å². The van der Waals surface area contributed by atoms with Crippen molar-refractivity contribution in [2.75, 3.05) is 26.4 Å². The van der Waals surface area contributed by atoms with Gasteiger partial charge in [-0.3, -0.25) is 0 Å². The van der Waals surface area contributed by atoms with E-state index in [1.54, 1.807) is 24.3 Å². The Bertz CT molecular complexity index is 1150. The number of hydrogen-bond donors (Lipinski definition) is 0. The van der Waals surface area contributed by atoms with Crippen LogP contribution >= 0.6 is 0 Å². The molecular weight excluding hydrogens is 480 g/mol. The Morgan fingerprint density at radius 3 is 1.11 bits per heavy atom. The maximum Gasteiger partial charge on any atom is 0.330 e. The Kier molecular flexibility index (Phi) is 11.2. The molecule has 0 unspecified atom stereocenters. The average Bonchev–Trinajstić information content (AvgIpc) is 2.97. The molecule has 3 aromatic rings. The maximum atomic E-state index is 11.0. The summed E-state index contributed by atoms with van der Waals surface area (Å²) in [5.74, 6) is 0.615. The lowest BCUT2D eigenvalue weighted by Gasteiger charge is -2.08. The standard InChI is InChI=1S/C32H30O6/c1-3-31(33)37-23-7-5-21-35-29-17-13-27(14-18-29)25-9-11-26(12-10-25)28-15-19-30(20-16-28)36-22-6-8-24-38-32(34)4-2/h3-20H,1-2,21-24H2/b7-5+,8-6+. The third-order valence-electron chi connectivity index (χ3n) is 5.26. The van der Waals surface area contributed by atoms with Gasteiger partial charge in [-0.15, -0.1) is 0 Å². The fourth-order valence-electron chi connectivity index (χ4n) is 3.28. The Labute approximate surface area is 223 Å². The second kappa shape index (κ2) is 15.3. The van der Waals surface area contributed by atoms with Gasteiger partial charge in [0.2, 0.25) is 0 Å². The first-order valence-electron chi connectivity index (χ1n) is 12.0. The maximum absolute atomic E-state index is 11.0. The van der Waals surface area contributed by atoms with Gasteiger partial charge in [0.1, 0.15) is 37.9 Å². The number of hydrogen-bond acceptors (Lipinski definition) is 6. The first-order chi connectivity index (χ1) is 18.6. The fraction of sp³-hybridized carbons (Fsp3) is 0.125. The lowest BCUT2D eigenvalue weighted by atomic mass is 10.0. The summed E-state index contributed by atoms with van der Waals surface area (Å²) in [5, 5.41) is 0. The van der Waals surface area contributed by atoms with Crippen molar-refractivity contribution in [3.8, 4) is 33.8 Å². The van der Waals surface area contributed by atoms with Crippen molar-refractivity contribution in [1.82, 2.24) is 0 Å². The van der Waals surface area contributed by atoms with Crippen LogP contribution in [0.3, 0.4) is 0 Å². The Hall–Kier alpha value is -4.84. The van der Waals surface area contributed by atoms with Crippen molar-refractivity contribution in [3.05, 3.63) is 122 Å². The summed E-state index contributed by atoms with van der Waals surface area (Å²) >= 11 is 0. The summed E-state index contributed by atoms with van der Waals surface area (Å²) < 4.78 is 21.1. The number of rotatable bonds is 14. The van der Waals surface area contributed by atoms with E-state index in [0.717, 1.165) is 45.9 Å². The van der Waals surface area contributed by atoms with Gasteiger partial charge in [0.05, 0.1) is 0 Å². The van der Waals surface area contributed by atoms with Crippen molar-refractivity contribution in [3.63, 3.8) is 0 Å². The molecule has 0 aliphatic carbocycles. The zero-order valence-corrected chi connectivity index (χ0v) is 21.1. The first kappa shape index (κ1) is 27.7. The molecule has 0 heterocycles. The molecule has 6 nitrogen and oxygen atoms in total. The van der Waals surface area contributed by atoms with Gasteiger partial charge in [-0.25, -0.2) is 9.59 Å². The highest BCUT2D eigenvalue weighted by atomic mass is 16.5. The molecule has 0 saturated heterocycles. The van der Waals surface area contributed by atoms with E-state index < -0.39 is 11.9 Å². The summed E-state index contributed by atoms with van der Waals surface area (Å²) in [6.07, 6.45) is 9.31. The van der Waals surface area contributed by atoms with Crippen LogP contribution in [0.4, 0.5) is 0 Å². The Morgan fingerprint density at radius 1 is 0.500 bits per heavy atom. The molecule has 3 rings (SSSR count). The number of carbonyl (C=O) groups excluding carboxylic acids is 2. The van der Waals surface area contributed by atoms with Crippen LogP contribution in [0, 0.1) is 0 Å². The Balaban J connectivity index is 1.46. The topological polar surface area (TPSA) is 71.1 Å². The van der Waals surface area contributed by atoms with Crippen LogP contribution in [0.2, 0.25) is 0 Å². The molecule has 0 radical (unpaired) electrons. The van der Waals surface area contributed by atoms with Crippen LogP contribution in [0.15, 0.2) is 122 Å². The predicted molar refractivity (Wildman–Crippen MR) is 149 cm³/mol. The third kappa shape index (κ3) is 9.32. The molecule has 0 saturated carbocycles. The lowest BCUT2D eigenvalue weighted by Crippen LogP contribution is -2.00. The van der Waals surface area contributed by atoms with Crippen LogP contribution in [0.25, 0.3) is 22.3 Å². The molecule has 0 atom stereocenters. The number of benzene rings is 3. The normalized spacial score (nSPS) is 10.7. The molecular formula is C32H30O6. The van der Waals surface area contributed by atoms with Crippen molar-refractivity contribution in [1.29, 1.82) is 0 Å². The van der Waals surface area contributed by atoms with Crippen molar-refractivity contribution in [2.24, 2.45) is 0 Å². The monoisotopic (exact) mass is 510 g/mol. The first-order valence-corrected chi connectivity index (χ1v) is 12.0. The highest BCUT2D eigenvalue weighted by Gasteiger charge is 2.02. The Morgan fingerprint density at radius 2 is 0.789 bits per heavy atom. The fourth-order valence-corrected chi connectivity index (χ4v) is 3.28. The number of carbonyl (C=O) groups is 2. The summed E-state index contributed by atoms with van der Waals surface area (Å²) in [5.41, 5.74) is 4.39. The molecule has 0 aliphatic rings. The molecule has 0 fully saturated rings. The second-order valence-corrected chi connectivity index (χ2v) is 7.86. The molecule has 0 amide bonds. The van der Waals surface area contributed by atoms with E-state index in [4.69, 9.17) is 18.9 Å². The van der Waals surface area contributed by atoms with Crippen LogP contribution in [-0.2, 0) is 19.1 Å². The van der Waals surface area contributed by atoms with Crippen LogP contribution in [0.5, 0.6) is 11.5 Å². The highest BCUT2D eigenvalue weighted by molar-refractivity contribution is 5.81. The van der Waals surface area contributed by atoms with Crippen molar-refractivity contribution < 1.29 is 28.5 Å². The van der Waals surface area contributed by atoms with E-state index in [1.165, 1.54) is 0 Å². The number of esters is 2. The zero-order valence-electron chi connectivity index (χ0n) is 21.1. The molecule has 0 aromatic heterocycles. The van der Waals surface area contributed by atoms with E-state index in [9.17, 15) is 9.59 Å². The van der Waals surface area contributed by atoms with Gasteiger partial charge in [0.25, 0.3) is 0 Å². The largest absolute Gasteiger partial charge is 0.490 e. The average molecular weight is 511 g/mol. The van der Waals surface area contributed by atoms with Gasteiger partial charge in [-0.1, -0.05) is 61.7 Å². The summed E-state index contributed by atoms with van der Waals surface area (Å²) in [6, 6.07) is 24.1. The predicted octanol–water partition coefficient (Wildman–Crippen LogP) is 6.35. The lowest BCUT2D eigenvalue weighted by molar-refractivity contribution is -0.137. The summed E-state index contributed by atoms with van der Waals surface area (Å²) in [4.78, 5) is 21.9. The summed E-state index contributed by atoms with van der Waals surface area (Å²) in [6.45, 7) is 7.84. The van der Waals surface area contributed by atoms with Gasteiger partial charge >= 0.3 is 11.9 Å². The molecule has 194 valence electrons. The molecule has 0 aliphatic heterocycles. The quantitative estimate of drug-likeness (QED) is 0.143. The SMILES string of the molecule is C=CC(=O)OC/C=C/COc1ccc(-c2ccc(-c3ccc(OC/C=C/COC(=O)C=C)cc3)cc2)cc1. The van der Waals surface area contributed by atoms with Crippen molar-refractivity contribution >= 4 is 11.9 Å². The third-order valence-corrected chi connectivity index (χ3v) is 5.26. The molecule has 0 bridgehead atoms. The van der Waals surface area contributed by atoms with Crippen molar-refractivity contribution in [2.45, 2.75) is 0 Å². The summed E-state index contributed by atoms with van der Waals surface area (Å²) in [7, 11) is 0. The highest BCUT2D eigenvalue weighted by Crippen LogP contribution is 2.27. The molecule has 6 heteroatoms. The molecule has 0 N–H and O–H groups in total. The van der Waals surface area contributed by atoms with E-state index in [0.29, 0.717) is 13.2 Å². The zero-order chi connectivity index (χ0) is 27.0. The smallest absolute Gasteiger partial charge is 0.330 e. The van der Waals surface area contributed by atoms with Gasteiger partial charge in [-0.2, -0.15) is 0 Å². The van der Waals surface area contributed by atoms with E-state index >= 15 is 0 Å². The van der Waals surface area contributed by atoms with Crippen LogP contribution in [0.1, 0.15) is 0 Å². The minimum Gasteiger partial charge on any atom is -0.490 e. The van der Waals surface area contributed by atoms with E-state index in [2.05, 4.69) is 37.4 Å². The van der Waals surface area contributed by atoms with E-state index in [1.807, 2.05) is 48.5 Å². The minimum absolute atomic E-state index is 0.191. The van der Waals surface area contributed by atoms with Gasteiger partial charge < -0.3 is 18.9 Å². The minimum atomic E-state index is -0.449. The molecule has 0 spiro atoms. The van der Waals surface area contributed by atoms with Gasteiger partial charge in [0.15, 0.2) is 0 Å². The number of ether oxygens (including phenoxy) is 4. The van der Waals surface area contributed by atoms with Gasteiger partial charge in [0, 0.05) is 12.2 Å². The molecule has 38 heavy (non-hydrogen) atoms. The van der Waals surface area contributed by atoms with E-state index in [-0.39, 0.29) is 13.2 Å².